The number of benzene rings is 1. The maximum Gasteiger partial charge on any atom is 0.255 e. The van der Waals surface area contributed by atoms with E-state index in [1.807, 2.05) is 24.8 Å². The highest BCUT2D eigenvalue weighted by molar-refractivity contribution is 6.32. The second kappa shape index (κ2) is 8.93. The molecule has 2 atom stereocenters. The monoisotopic (exact) mass is 412 g/mol. The van der Waals surface area contributed by atoms with Gasteiger partial charge in [-0.15, -0.1) is 0 Å². The van der Waals surface area contributed by atoms with Crippen LogP contribution < -0.4 is 9.64 Å². The Morgan fingerprint density at radius 2 is 2.10 bits per heavy atom. The minimum absolute atomic E-state index is 0.0286. The Bertz CT molecular complexity index is 942. The van der Waals surface area contributed by atoms with Crippen molar-refractivity contribution >= 4 is 29.5 Å². The molecule has 150 valence electrons. The number of rotatable bonds is 5. The van der Waals surface area contributed by atoms with E-state index in [-0.39, 0.29) is 24.6 Å². The van der Waals surface area contributed by atoms with Gasteiger partial charge in [0.25, 0.3) is 5.91 Å². The van der Waals surface area contributed by atoms with Gasteiger partial charge >= 0.3 is 0 Å². The number of anilines is 1. The number of nitrogens with zero attached hydrogens (tertiary/aromatic N) is 4. The standard InChI is InChI=1S/C21H21ClN4O3/c1-14-13-26(21(28)17-4-6-20(24-11-17)29-8-7-27)15(2)12-25(14)18-5-3-16(10-23)19(22)9-18/h3-7,9,11,14-15H,8,12-13H2,1-2H3/t14-,15+/m0/s1. The fourth-order valence-electron chi connectivity index (χ4n) is 3.42. The van der Waals surface area contributed by atoms with Crippen LogP contribution in [0, 0.1) is 11.3 Å². The molecular formula is C21H21ClN4O3. The molecular weight excluding hydrogens is 392 g/mol. The van der Waals surface area contributed by atoms with Gasteiger partial charge in [-0.05, 0) is 38.1 Å². The Balaban J connectivity index is 1.72. The van der Waals surface area contributed by atoms with Gasteiger partial charge in [-0.1, -0.05) is 11.6 Å². The largest absolute Gasteiger partial charge is 0.470 e. The molecule has 2 heterocycles. The number of piperazine rings is 1. The summed E-state index contributed by atoms with van der Waals surface area (Å²) in [4.78, 5) is 31.4. The highest BCUT2D eigenvalue weighted by Crippen LogP contribution is 2.28. The van der Waals surface area contributed by atoms with Crippen molar-refractivity contribution in [3.63, 3.8) is 0 Å². The van der Waals surface area contributed by atoms with Gasteiger partial charge in [-0.25, -0.2) is 4.98 Å². The molecule has 0 N–H and O–H groups in total. The highest BCUT2D eigenvalue weighted by atomic mass is 35.5. The van der Waals surface area contributed by atoms with Gasteiger partial charge < -0.3 is 14.5 Å². The number of halogens is 1. The highest BCUT2D eigenvalue weighted by Gasteiger charge is 2.33. The number of aromatic nitrogens is 1. The first-order valence-electron chi connectivity index (χ1n) is 9.24. The SMILES string of the molecule is C[C@@H]1CN(c2ccc(C#N)c(Cl)c2)[C@@H](C)CN1C(=O)c1ccc(OCC=O)nc1. The van der Waals surface area contributed by atoms with E-state index < -0.39 is 0 Å². The maximum absolute atomic E-state index is 13.0. The third-order valence-electron chi connectivity index (χ3n) is 4.93. The topological polar surface area (TPSA) is 86.5 Å². The average molecular weight is 413 g/mol. The molecule has 1 amide bonds. The minimum atomic E-state index is -0.101. The molecule has 7 nitrogen and oxygen atoms in total. The number of ether oxygens (including phenoxy) is 1. The number of pyridine rings is 1. The normalized spacial score (nSPS) is 18.8. The van der Waals surface area contributed by atoms with Crippen molar-refractivity contribution in [1.82, 2.24) is 9.88 Å². The number of carbonyl (C=O) groups excluding carboxylic acids is 2. The van der Waals surface area contributed by atoms with E-state index in [0.29, 0.717) is 41.4 Å². The summed E-state index contributed by atoms with van der Waals surface area (Å²) in [6.07, 6.45) is 2.11. The smallest absolute Gasteiger partial charge is 0.255 e. The van der Waals surface area contributed by atoms with Crippen LogP contribution in [0.3, 0.4) is 0 Å². The van der Waals surface area contributed by atoms with Gasteiger partial charge in [0.2, 0.25) is 5.88 Å². The summed E-state index contributed by atoms with van der Waals surface area (Å²) >= 11 is 6.19. The zero-order valence-corrected chi connectivity index (χ0v) is 17.0. The van der Waals surface area contributed by atoms with E-state index in [4.69, 9.17) is 21.6 Å². The third-order valence-corrected chi connectivity index (χ3v) is 5.25. The molecule has 1 aromatic carbocycles. The Hall–Kier alpha value is -3.11. The number of hydrogen-bond acceptors (Lipinski definition) is 6. The fraction of sp³-hybridized carbons (Fsp3) is 0.333. The van der Waals surface area contributed by atoms with Gasteiger partial charge in [0.1, 0.15) is 12.7 Å². The lowest BCUT2D eigenvalue weighted by molar-refractivity contribution is -0.109. The first-order valence-corrected chi connectivity index (χ1v) is 9.62. The Kier molecular flexibility index (Phi) is 6.35. The summed E-state index contributed by atoms with van der Waals surface area (Å²) in [5.41, 5.74) is 1.84. The maximum atomic E-state index is 13.0. The van der Waals surface area contributed by atoms with Crippen molar-refractivity contribution in [2.45, 2.75) is 25.9 Å². The molecule has 1 aliphatic rings. The average Bonchev–Trinajstić information content (AvgIpc) is 2.73. The Labute approximate surface area is 174 Å². The van der Waals surface area contributed by atoms with Crippen LogP contribution in [0.1, 0.15) is 29.8 Å². The van der Waals surface area contributed by atoms with E-state index >= 15 is 0 Å². The molecule has 8 heteroatoms. The number of aldehydes is 1. The molecule has 1 aromatic heterocycles. The molecule has 1 aliphatic heterocycles. The van der Waals surface area contributed by atoms with Crippen molar-refractivity contribution < 1.29 is 14.3 Å². The number of hydrogen-bond donors (Lipinski definition) is 0. The summed E-state index contributed by atoms with van der Waals surface area (Å²) < 4.78 is 5.12. The molecule has 0 bridgehead atoms. The molecule has 1 fully saturated rings. The predicted octanol–water partition coefficient (Wildman–Crippen LogP) is 2.92. The Morgan fingerprint density at radius 1 is 1.31 bits per heavy atom. The van der Waals surface area contributed by atoms with Crippen LogP contribution in [0.15, 0.2) is 36.5 Å². The molecule has 0 saturated carbocycles. The van der Waals surface area contributed by atoms with Gasteiger partial charge in [0, 0.05) is 43.1 Å². The van der Waals surface area contributed by atoms with Gasteiger partial charge in [-0.2, -0.15) is 5.26 Å². The molecule has 29 heavy (non-hydrogen) atoms. The summed E-state index contributed by atoms with van der Waals surface area (Å²) in [5.74, 6) is 0.203. The van der Waals surface area contributed by atoms with Crippen molar-refractivity contribution in [2.75, 3.05) is 24.6 Å². The third kappa shape index (κ3) is 4.49. The van der Waals surface area contributed by atoms with Crippen molar-refractivity contribution in [1.29, 1.82) is 5.26 Å². The molecule has 0 radical (unpaired) electrons. The number of nitriles is 1. The van der Waals surface area contributed by atoms with Gasteiger partial charge in [0.05, 0.1) is 16.1 Å². The van der Waals surface area contributed by atoms with Crippen LogP contribution >= 0.6 is 11.6 Å². The van der Waals surface area contributed by atoms with Crippen LogP contribution in [0.5, 0.6) is 5.88 Å². The zero-order chi connectivity index (χ0) is 21.0. The lowest BCUT2D eigenvalue weighted by Gasteiger charge is -2.45. The van der Waals surface area contributed by atoms with Crippen molar-refractivity contribution in [3.05, 3.63) is 52.7 Å². The van der Waals surface area contributed by atoms with E-state index in [2.05, 4.69) is 16.0 Å². The summed E-state index contributed by atoms with van der Waals surface area (Å²) in [6.45, 7) is 5.16. The first kappa shape index (κ1) is 20.6. The summed E-state index contributed by atoms with van der Waals surface area (Å²) in [5, 5.41) is 9.48. The first-order chi connectivity index (χ1) is 13.9. The van der Waals surface area contributed by atoms with Crippen LogP contribution in [0.4, 0.5) is 5.69 Å². The molecule has 1 saturated heterocycles. The molecule has 0 unspecified atom stereocenters. The predicted molar refractivity (Wildman–Crippen MR) is 109 cm³/mol. The van der Waals surface area contributed by atoms with Gasteiger partial charge in [0.15, 0.2) is 6.29 Å². The van der Waals surface area contributed by atoms with Crippen LogP contribution in [-0.2, 0) is 4.79 Å². The van der Waals surface area contributed by atoms with Crippen LogP contribution in [-0.4, -0.2) is 53.9 Å². The molecule has 0 aliphatic carbocycles. The van der Waals surface area contributed by atoms with Crippen molar-refractivity contribution in [2.24, 2.45) is 0 Å². The van der Waals surface area contributed by atoms with Crippen LogP contribution in [0.2, 0.25) is 5.02 Å². The Morgan fingerprint density at radius 3 is 2.72 bits per heavy atom. The van der Waals surface area contributed by atoms with E-state index in [1.165, 1.54) is 6.20 Å². The second-order valence-corrected chi connectivity index (χ2v) is 7.35. The minimum Gasteiger partial charge on any atom is -0.470 e. The van der Waals surface area contributed by atoms with E-state index in [0.717, 1.165) is 5.69 Å². The molecule has 3 rings (SSSR count). The van der Waals surface area contributed by atoms with Crippen LogP contribution in [0.25, 0.3) is 0 Å². The quantitative estimate of drug-likeness (QED) is 0.702. The lowest BCUT2D eigenvalue weighted by atomic mass is 10.0. The lowest BCUT2D eigenvalue weighted by Crippen LogP contribution is -2.58. The zero-order valence-electron chi connectivity index (χ0n) is 16.2. The number of carbonyl (C=O) groups is 2. The van der Waals surface area contributed by atoms with E-state index in [9.17, 15) is 9.59 Å². The summed E-state index contributed by atoms with van der Waals surface area (Å²) in [7, 11) is 0. The summed E-state index contributed by atoms with van der Waals surface area (Å²) in [6, 6.07) is 10.7. The molecule has 2 aromatic rings. The van der Waals surface area contributed by atoms with E-state index in [1.54, 1.807) is 24.3 Å². The number of amides is 1. The van der Waals surface area contributed by atoms with Gasteiger partial charge in [-0.3, -0.25) is 9.59 Å². The molecule has 0 spiro atoms. The fourth-order valence-corrected chi connectivity index (χ4v) is 3.64. The van der Waals surface area contributed by atoms with Crippen molar-refractivity contribution in [3.8, 4) is 11.9 Å². The second-order valence-electron chi connectivity index (χ2n) is 6.95.